The summed E-state index contributed by atoms with van der Waals surface area (Å²) in [7, 11) is 0. The monoisotopic (exact) mass is 345 g/mol. The number of hydrazine groups is 1. The van der Waals surface area contributed by atoms with Gasteiger partial charge in [-0.25, -0.2) is 0 Å². The molecule has 6 nitrogen and oxygen atoms in total. The van der Waals surface area contributed by atoms with Crippen molar-refractivity contribution in [1.82, 2.24) is 15.4 Å². The summed E-state index contributed by atoms with van der Waals surface area (Å²) in [4.78, 5) is 28.7. The van der Waals surface area contributed by atoms with Crippen LogP contribution in [0.1, 0.15) is 21.9 Å². The lowest BCUT2D eigenvalue weighted by Gasteiger charge is -2.15. The molecule has 0 aromatic carbocycles. The van der Waals surface area contributed by atoms with Crippen LogP contribution < -0.4 is 5.43 Å². The summed E-state index contributed by atoms with van der Waals surface area (Å²) in [5.74, 6) is 0.453. The molecule has 3 heterocycles. The fourth-order valence-corrected chi connectivity index (χ4v) is 3.05. The molecule has 2 aromatic rings. The quantitative estimate of drug-likeness (QED) is 0.680. The molecule has 0 spiro atoms. The van der Waals surface area contributed by atoms with Crippen molar-refractivity contribution < 1.29 is 14.0 Å². The number of thiocarbonyl (C=S) groups is 1. The third kappa shape index (κ3) is 3.33. The molecule has 0 bridgehead atoms. The number of aryl methyl sites for hydroxylation is 1. The lowest BCUT2D eigenvalue weighted by Crippen LogP contribution is -2.44. The predicted octanol–water partition coefficient (Wildman–Crippen LogP) is 2.53. The molecular formula is C15H11N3O3S2. The molecular weight excluding hydrogens is 334 g/mol. The van der Waals surface area contributed by atoms with Crippen LogP contribution in [0.4, 0.5) is 0 Å². The first-order chi connectivity index (χ1) is 11.0. The topological polar surface area (TPSA) is 75.4 Å². The number of nitrogens with zero attached hydrogens (tertiary/aromatic N) is 2. The third-order valence-electron chi connectivity index (χ3n) is 2.97. The van der Waals surface area contributed by atoms with Gasteiger partial charge in [-0.15, -0.1) is 0 Å². The van der Waals surface area contributed by atoms with Crippen LogP contribution in [0.25, 0.3) is 6.08 Å². The predicted molar refractivity (Wildman–Crippen MR) is 90.2 cm³/mol. The molecule has 0 radical (unpaired) electrons. The molecule has 3 rings (SSSR count). The van der Waals surface area contributed by atoms with Gasteiger partial charge in [0.2, 0.25) is 0 Å². The van der Waals surface area contributed by atoms with Crippen LogP contribution >= 0.6 is 24.0 Å². The number of pyridine rings is 1. The van der Waals surface area contributed by atoms with E-state index in [0.29, 0.717) is 16.2 Å². The number of carbonyl (C=O) groups excluding carboxylic acids is 2. The van der Waals surface area contributed by atoms with Crippen LogP contribution in [0.2, 0.25) is 0 Å². The third-order valence-corrected chi connectivity index (χ3v) is 4.27. The Hall–Kier alpha value is -2.45. The number of aromatic nitrogens is 1. The highest BCUT2D eigenvalue weighted by Gasteiger charge is 2.34. The smallest absolute Gasteiger partial charge is 0.285 e. The van der Waals surface area contributed by atoms with Gasteiger partial charge in [0.25, 0.3) is 11.8 Å². The van der Waals surface area contributed by atoms with Crippen molar-refractivity contribution in [1.29, 1.82) is 0 Å². The van der Waals surface area contributed by atoms with Crippen LogP contribution in [-0.4, -0.2) is 26.1 Å². The number of rotatable bonds is 3. The number of furan rings is 1. The van der Waals surface area contributed by atoms with E-state index in [1.54, 1.807) is 36.5 Å². The van der Waals surface area contributed by atoms with Gasteiger partial charge in [-0.1, -0.05) is 11.8 Å². The Labute approximate surface area is 141 Å². The summed E-state index contributed by atoms with van der Waals surface area (Å²) in [5.41, 5.74) is 2.83. The number of carbonyl (C=O) groups is 2. The van der Waals surface area contributed by atoms with Gasteiger partial charge in [0.15, 0.2) is 4.32 Å². The lowest BCUT2D eigenvalue weighted by atomic mass is 10.3. The number of amides is 2. The highest BCUT2D eigenvalue weighted by atomic mass is 32.2. The molecule has 1 fully saturated rings. The molecule has 0 atom stereocenters. The number of hydrogen-bond acceptors (Lipinski definition) is 6. The summed E-state index contributed by atoms with van der Waals surface area (Å²) in [6, 6.07) is 6.80. The van der Waals surface area contributed by atoms with Crippen LogP contribution in [0.15, 0.2) is 46.0 Å². The van der Waals surface area contributed by atoms with Crippen molar-refractivity contribution >= 4 is 46.2 Å². The molecule has 8 heteroatoms. The minimum absolute atomic E-state index is 0.252. The second-order valence-electron chi connectivity index (χ2n) is 4.65. The van der Waals surface area contributed by atoms with Crippen LogP contribution in [0, 0.1) is 6.92 Å². The van der Waals surface area contributed by atoms with Crippen molar-refractivity contribution in [3.05, 3.63) is 58.6 Å². The molecule has 116 valence electrons. The Morgan fingerprint density at radius 1 is 1.43 bits per heavy atom. The maximum atomic E-state index is 12.4. The fourth-order valence-electron chi connectivity index (χ4n) is 1.89. The van der Waals surface area contributed by atoms with Crippen molar-refractivity contribution in [2.45, 2.75) is 6.92 Å². The molecule has 0 unspecified atom stereocenters. The summed E-state index contributed by atoms with van der Waals surface area (Å²) < 4.78 is 5.67. The SMILES string of the molecule is Cc1ccc(/C=C2\SC(=S)N(NC(=O)c3cccnc3)C2=O)o1. The molecule has 2 amide bonds. The first-order valence-corrected chi connectivity index (χ1v) is 7.82. The Morgan fingerprint density at radius 3 is 2.91 bits per heavy atom. The van der Waals surface area contributed by atoms with Gasteiger partial charge < -0.3 is 4.42 Å². The minimum Gasteiger partial charge on any atom is -0.462 e. The minimum atomic E-state index is -0.454. The lowest BCUT2D eigenvalue weighted by molar-refractivity contribution is -0.123. The average molecular weight is 345 g/mol. The van der Waals surface area contributed by atoms with Crippen LogP contribution in [0.3, 0.4) is 0 Å². The summed E-state index contributed by atoms with van der Waals surface area (Å²) in [5, 5.41) is 1.05. The van der Waals surface area contributed by atoms with E-state index in [9.17, 15) is 9.59 Å². The maximum absolute atomic E-state index is 12.4. The van der Waals surface area contributed by atoms with Crippen molar-refractivity contribution in [2.75, 3.05) is 0 Å². The summed E-state index contributed by atoms with van der Waals surface area (Å²) in [6.07, 6.45) is 4.57. The van der Waals surface area contributed by atoms with Gasteiger partial charge in [0.05, 0.1) is 10.5 Å². The molecule has 23 heavy (non-hydrogen) atoms. The number of thioether (sulfide) groups is 1. The summed E-state index contributed by atoms with van der Waals surface area (Å²) >= 11 is 6.25. The largest absolute Gasteiger partial charge is 0.462 e. The normalized spacial score (nSPS) is 16.2. The highest BCUT2D eigenvalue weighted by Crippen LogP contribution is 2.31. The molecule has 1 saturated heterocycles. The summed E-state index contributed by atoms with van der Waals surface area (Å²) in [6.45, 7) is 1.82. The van der Waals surface area contributed by atoms with Gasteiger partial charge >= 0.3 is 0 Å². The molecule has 1 aliphatic rings. The second kappa shape index (κ2) is 6.35. The van der Waals surface area contributed by atoms with Crippen molar-refractivity contribution in [3.63, 3.8) is 0 Å². The Kier molecular flexibility index (Phi) is 4.26. The second-order valence-corrected chi connectivity index (χ2v) is 6.32. The van der Waals surface area contributed by atoms with Gasteiger partial charge in [0.1, 0.15) is 11.5 Å². The molecule has 2 aromatic heterocycles. The van der Waals surface area contributed by atoms with E-state index in [-0.39, 0.29) is 4.32 Å². The standard InChI is InChI=1S/C15H11N3O3S2/c1-9-4-5-11(21-9)7-12-14(20)18(15(22)23-12)17-13(19)10-3-2-6-16-8-10/h2-8H,1H3,(H,17,19)/b12-7-. The Balaban J connectivity index is 1.77. The zero-order valence-corrected chi connectivity index (χ0v) is 13.6. The average Bonchev–Trinajstić information content (AvgIpc) is 3.07. The van der Waals surface area contributed by atoms with Gasteiger partial charge in [-0.2, -0.15) is 5.01 Å². The first-order valence-electron chi connectivity index (χ1n) is 6.60. The van der Waals surface area contributed by atoms with Crippen LogP contribution in [-0.2, 0) is 4.79 Å². The van der Waals surface area contributed by atoms with Crippen LogP contribution in [0.5, 0.6) is 0 Å². The fraction of sp³-hybridized carbons (Fsp3) is 0.0667. The van der Waals surface area contributed by atoms with E-state index in [0.717, 1.165) is 22.5 Å². The van der Waals surface area contributed by atoms with E-state index in [2.05, 4.69) is 10.4 Å². The van der Waals surface area contributed by atoms with E-state index in [1.807, 2.05) is 6.92 Å². The molecule has 0 aliphatic carbocycles. The zero-order valence-electron chi connectivity index (χ0n) is 12.0. The van der Waals surface area contributed by atoms with Crippen molar-refractivity contribution in [3.8, 4) is 0 Å². The van der Waals surface area contributed by atoms with E-state index in [4.69, 9.17) is 16.6 Å². The van der Waals surface area contributed by atoms with E-state index < -0.39 is 11.8 Å². The molecule has 0 saturated carbocycles. The van der Waals surface area contributed by atoms with Gasteiger partial charge in [-0.3, -0.25) is 20.0 Å². The molecule has 1 N–H and O–H groups in total. The Bertz CT molecular complexity index is 814. The maximum Gasteiger partial charge on any atom is 0.285 e. The van der Waals surface area contributed by atoms with Crippen molar-refractivity contribution in [2.24, 2.45) is 0 Å². The van der Waals surface area contributed by atoms with Gasteiger partial charge in [-0.05, 0) is 43.4 Å². The zero-order chi connectivity index (χ0) is 16.4. The number of nitrogens with one attached hydrogen (secondary N) is 1. The van der Waals surface area contributed by atoms with E-state index in [1.165, 1.54) is 6.20 Å². The molecule has 1 aliphatic heterocycles. The highest BCUT2D eigenvalue weighted by molar-refractivity contribution is 8.26. The van der Waals surface area contributed by atoms with Gasteiger partial charge in [0, 0.05) is 18.5 Å². The number of hydrogen-bond donors (Lipinski definition) is 1. The first kappa shape index (κ1) is 15.4. The van der Waals surface area contributed by atoms with E-state index >= 15 is 0 Å². The Morgan fingerprint density at radius 2 is 2.26 bits per heavy atom.